The second-order valence-electron chi connectivity index (χ2n) is 5.06. The highest BCUT2D eigenvalue weighted by Crippen LogP contribution is 2.31. The molecule has 2 N–H and O–H groups in total. The third kappa shape index (κ3) is 3.66. The zero-order chi connectivity index (χ0) is 15.3. The van der Waals surface area contributed by atoms with E-state index in [9.17, 15) is 9.90 Å². The Labute approximate surface area is 125 Å². The summed E-state index contributed by atoms with van der Waals surface area (Å²) in [5, 5.41) is 12.6. The summed E-state index contributed by atoms with van der Waals surface area (Å²) in [5.74, 6) is -0.449. The molecule has 112 valence electrons. The van der Waals surface area contributed by atoms with Crippen LogP contribution in [0.5, 0.6) is 0 Å². The fourth-order valence-corrected chi connectivity index (χ4v) is 3.13. The van der Waals surface area contributed by atoms with Crippen LogP contribution in [-0.2, 0) is 0 Å². The van der Waals surface area contributed by atoms with Crippen molar-refractivity contribution >= 4 is 23.5 Å². The molecule has 20 heavy (non-hydrogen) atoms. The number of carbonyl (C=O) groups is 1. The van der Waals surface area contributed by atoms with Crippen LogP contribution in [0.2, 0.25) is 0 Å². The monoisotopic (exact) mass is 296 g/mol. The van der Waals surface area contributed by atoms with Crippen LogP contribution in [0.3, 0.4) is 0 Å². The molecule has 0 atom stereocenters. The lowest BCUT2D eigenvalue weighted by Crippen LogP contribution is -2.32. The Morgan fingerprint density at radius 3 is 2.45 bits per heavy atom. The van der Waals surface area contributed by atoms with Gasteiger partial charge in [0.1, 0.15) is 11.4 Å². The van der Waals surface area contributed by atoms with Crippen molar-refractivity contribution in [2.45, 2.75) is 45.3 Å². The van der Waals surface area contributed by atoms with Crippen LogP contribution in [0.1, 0.15) is 48.3 Å². The van der Waals surface area contributed by atoms with Gasteiger partial charge in [-0.2, -0.15) is 11.8 Å². The van der Waals surface area contributed by atoms with Gasteiger partial charge < -0.3 is 10.4 Å². The first-order chi connectivity index (χ1) is 9.39. The van der Waals surface area contributed by atoms with E-state index >= 15 is 0 Å². The van der Waals surface area contributed by atoms with Crippen LogP contribution in [0, 0.1) is 13.8 Å². The van der Waals surface area contributed by atoms with E-state index in [0.29, 0.717) is 5.82 Å². The molecule has 1 heterocycles. The minimum Gasteiger partial charge on any atom is -0.478 e. The maximum absolute atomic E-state index is 11.4. The number of nitrogens with one attached hydrogen (secondary N) is 1. The number of aromatic nitrogens is 1. The lowest BCUT2D eigenvalue weighted by Gasteiger charge is -2.30. The van der Waals surface area contributed by atoms with Crippen LogP contribution in [-0.4, -0.2) is 33.6 Å². The zero-order valence-electron chi connectivity index (χ0n) is 12.9. The molecule has 1 rings (SSSR count). The Hall–Kier alpha value is -1.23. The van der Waals surface area contributed by atoms with Crippen molar-refractivity contribution in [3.05, 3.63) is 22.9 Å². The van der Waals surface area contributed by atoms with E-state index in [1.54, 1.807) is 6.07 Å². The Kier molecular flexibility index (Phi) is 5.87. The Morgan fingerprint density at radius 1 is 1.40 bits per heavy atom. The van der Waals surface area contributed by atoms with Crippen molar-refractivity contribution in [3.63, 3.8) is 0 Å². The van der Waals surface area contributed by atoms with E-state index in [-0.39, 0.29) is 10.3 Å². The van der Waals surface area contributed by atoms with Crippen molar-refractivity contribution in [3.8, 4) is 0 Å². The Morgan fingerprint density at radius 2 is 2.00 bits per heavy atom. The molecule has 4 nitrogen and oxygen atoms in total. The molecule has 0 saturated carbocycles. The third-order valence-corrected chi connectivity index (χ3v) is 5.45. The number of hydrogen-bond donors (Lipinski definition) is 2. The van der Waals surface area contributed by atoms with E-state index in [1.165, 1.54) is 0 Å². The summed E-state index contributed by atoms with van der Waals surface area (Å²) >= 11 is 1.82. The summed E-state index contributed by atoms with van der Waals surface area (Å²) in [4.78, 5) is 15.8. The quantitative estimate of drug-likeness (QED) is 0.802. The molecule has 0 radical (unpaired) electrons. The number of thioether (sulfide) groups is 1. The highest BCUT2D eigenvalue weighted by Gasteiger charge is 2.26. The molecule has 0 aromatic carbocycles. The number of carboxylic acids is 1. The van der Waals surface area contributed by atoms with Crippen molar-refractivity contribution in [2.75, 3.05) is 18.1 Å². The van der Waals surface area contributed by atoms with E-state index in [1.807, 2.05) is 25.6 Å². The van der Waals surface area contributed by atoms with Crippen molar-refractivity contribution in [2.24, 2.45) is 0 Å². The summed E-state index contributed by atoms with van der Waals surface area (Å²) in [6.45, 7) is 8.73. The predicted octanol–water partition coefficient (Wildman–Crippen LogP) is 3.73. The number of rotatable bonds is 7. The normalized spacial score (nSPS) is 11.4. The van der Waals surface area contributed by atoms with Crippen LogP contribution in [0.4, 0.5) is 5.82 Å². The summed E-state index contributed by atoms with van der Waals surface area (Å²) in [5.41, 5.74) is 1.85. The number of aromatic carboxylic acids is 1. The van der Waals surface area contributed by atoms with Gasteiger partial charge in [-0.1, -0.05) is 13.8 Å². The first-order valence-electron chi connectivity index (χ1n) is 6.89. The summed E-state index contributed by atoms with van der Waals surface area (Å²) in [6, 6.07) is 1.80. The molecular weight excluding hydrogens is 272 g/mol. The third-order valence-electron chi connectivity index (χ3n) is 3.86. The van der Waals surface area contributed by atoms with Crippen LogP contribution >= 0.6 is 11.8 Å². The van der Waals surface area contributed by atoms with E-state index in [2.05, 4.69) is 30.4 Å². The number of aryl methyl sites for hydroxylation is 2. The van der Waals surface area contributed by atoms with Crippen molar-refractivity contribution in [1.29, 1.82) is 0 Å². The Bertz CT molecular complexity index is 477. The van der Waals surface area contributed by atoms with Gasteiger partial charge in [0.25, 0.3) is 0 Å². The van der Waals surface area contributed by atoms with Crippen LogP contribution < -0.4 is 5.32 Å². The zero-order valence-corrected chi connectivity index (χ0v) is 13.7. The fourth-order valence-electron chi connectivity index (χ4n) is 2.34. The highest BCUT2D eigenvalue weighted by atomic mass is 32.2. The molecule has 0 aliphatic heterocycles. The average Bonchev–Trinajstić information content (AvgIpc) is 2.39. The molecule has 0 fully saturated rings. The van der Waals surface area contributed by atoms with Gasteiger partial charge in [0, 0.05) is 17.0 Å². The summed E-state index contributed by atoms with van der Waals surface area (Å²) in [7, 11) is 0. The predicted molar refractivity (Wildman–Crippen MR) is 86.0 cm³/mol. The summed E-state index contributed by atoms with van der Waals surface area (Å²) in [6.07, 6.45) is 4.16. The number of anilines is 1. The second kappa shape index (κ2) is 6.97. The minimum atomic E-state index is -0.930. The van der Waals surface area contributed by atoms with E-state index in [4.69, 9.17) is 0 Å². The SMILES string of the molecule is CCC(CC)(CNc1nc(C)cc(C)c1C(=O)O)SC. The summed E-state index contributed by atoms with van der Waals surface area (Å²) < 4.78 is 0.120. The second-order valence-corrected chi connectivity index (χ2v) is 6.33. The lowest BCUT2D eigenvalue weighted by molar-refractivity contribution is 0.0697. The molecule has 0 unspecified atom stereocenters. The average molecular weight is 296 g/mol. The number of hydrogen-bond acceptors (Lipinski definition) is 4. The van der Waals surface area contributed by atoms with Crippen LogP contribution in [0.15, 0.2) is 6.07 Å². The molecule has 0 aliphatic carbocycles. The molecule has 0 saturated heterocycles. The minimum absolute atomic E-state index is 0.120. The van der Waals surface area contributed by atoms with Gasteiger partial charge in [-0.3, -0.25) is 0 Å². The van der Waals surface area contributed by atoms with Gasteiger partial charge in [-0.15, -0.1) is 0 Å². The Balaban J connectivity index is 3.06. The molecule has 5 heteroatoms. The topological polar surface area (TPSA) is 62.2 Å². The maximum Gasteiger partial charge on any atom is 0.339 e. The van der Waals surface area contributed by atoms with Gasteiger partial charge in [0.2, 0.25) is 0 Å². The van der Waals surface area contributed by atoms with Crippen molar-refractivity contribution in [1.82, 2.24) is 4.98 Å². The molecule has 0 amide bonds. The first-order valence-corrected chi connectivity index (χ1v) is 8.12. The smallest absolute Gasteiger partial charge is 0.339 e. The van der Waals surface area contributed by atoms with E-state index < -0.39 is 5.97 Å². The van der Waals surface area contributed by atoms with Crippen molar-refractivity contribution < 1.29 is 9.90 Å². The molecule has 1 aromatic rings. The lowest BCUT2D eigenvalue weighted by atomic mass is 10.0. The van der Waals surface area contributed by atoms with Gasteiger partial charge in [-0.05, 0) is 44.6 Å². The molecule has 0 spiro atoms. The number of nitrogens with zero attached hydrogens (tertiary/aromatic N) is 1. The first kappa shape index (κ1) is 16.8. The van der Waals surface area contributed by atoms with Gasteiger partial charge in [0.05, 0.1) is 0 Å². The van der Waals surface area contributed by atoms with Gasteiger partial charge in [-0.25, -0.2) is 9.78 Å². The standard InChI is InChI=1S/C15H24N2O2S/c1-6-15(7-2,20-5)9-16-13-12(14(18)19)10(3)8-11(4)17-13/h8H,6-7,9H2,1-5H3,(H,16,17)(H,18,19). The number of carboxylic acid groups (broad SMARTS) is 1. The fraction of sp³-hybridized carbons (Fsp3) is 0.600. The van der Waals surface area contributed by atoms with Gasteiger partial charge in [0.15, 0.2) is 0 Å². The maximum atomic E-state index is 11.4. The molecule has 0 bridgehead atoms. The van der Waals surface area contributed by atoms with Gasteiger partial charge >= 0.3 is 5.97 Å². The highest BCUT2D eigenvalue weighted by molar-refractivity contribution is 8.00. The molecule has 1 aromatic heterocycles. The van der Waals surface area contributed by atoms with Crippen LogP contribution in [0.25, 0.3) is 0 Å². The molecular formula is C15H24N2O2S. The number of pyridine rings is 1. The largest absolute Gasteiger partial charge is 0.478 e. The molecule has 0 aliphatic rings. The van der Waals surface area contributed by atoms with E-state index in [0.717, 1.165) is 30.6 Å².